The molecular weight excluding hydrogens is 379 g/mol. The summed E-state index contributed by atoms with van der Waals surface area (Å²) in [6.45, 7) is 5.42. The van der Waals surface area contributed by atoms with Crippen molar-refractivity contribution in [1.29, 1.82) is 0 Å². The molecule has 0 N–H and O–H groups in total. The fraction of sp³-hybridized carbons (Fsp3) is 0.450. The quantitative estimate of drug-likeness (QED) is 0.783. The normalized spacial score (nSPS) is 17.3. The van der Waals surface area contributed by atoms with Crippen molar-refractivity contribution in [2.24, 2.45) is 0 Å². The molecule has 4 rings (SSSR count). The van der Waals surface area contributed by atoms with Gasteiger partial charge in [0.1, 0.15) is 12.8 Å². The van der Waals surface area contributed by atoms with Crippen molar-refractivity contribution < 1.29 is 13.9 Å². The van der Waals surface area contributed by atoms with Gasteiger partial charge in [-0.2, -0.15) is 0 Å². The van der Waals surface area contributed by atoms with Crippen LogP contribution in [0.15, 0.2) is 17.6 Å². The van der Waals surface area contributed by atoms with Gasteiger partial charge < -0.3 is 14.5 Å². The van der Waals surface area contributed by atoms with E-state index in [0.717, 1.165) is 34.1 Å². The van der Waals surface area contributed by atoms with E-state index in [0.29, 0.717) is 26.2 Å². The Labute approximate surface area is 167 Å². The molecule has 0 spiro atoms. The molecule has 2 aromatic rings. The number of thiazole rings is 1. The molecule has 1 amide bonds. The standard InChI is InChI=1S/C20H23FN4O2S/c1-13(11-21)27-20(26)25-7-5-24(6-8-25)19-3-4-22-17-10-15(9-16(17)19)18-12-28-14(2)23-18/h3-4,9,12-13H,5-8,10-11H2,1-2H3/t13-/m0/s1. The molecule has 8 heteroatoms. The van der Waals surface area contributed by atoms with Crippen molar-refractivity contribution in [1.82, 2.24) is 14.9 Å². The lowest BCUT2D eigenvalue weighted by Gasteiger charge is -2.36. The molecule has 1 atom stereocenters. The minimum atomic E-state index is -0.702. The molecule has 2 aromatic heterocycles. The number of hydrogen-bond donors (Lipinski definition) is 0. The largest absolute Gasteiger partial charge is 0.444 e. The van der Waals surface area contributed by atoms with Crippen molar-refractivity contribution in [3.8, 4) is 0 Å². The van der Waals surface area contributed by atoms with E-state index in [1.807, 2.05) is 19.2 Å². The molecule has 0 aromatic carbocycles. The summed E-state index contributed by atoms with van der Waals surface area (Å²) in [4.78, 5) is 25.2. The van der Waals surface area contributed by atoms with Crippen LogP contribution < -0.4 is 4.90 Å². The highest BCUT2D eigenvalue weighted by Crippen LogP contribution is 2.36. The Kier molecular flexibility index (Phi) is 5.30. The summed E-state index contributed by atoms with van der Waals surface area (Å²) in [6.07, 6.45) is 3.69. The van der Waals surface area contributed by atoms with E-state index in [-0.39, 0.29) is 0 Å². The number of aromatic nitrogens is 2. The number of hydrogen-bond acceptors (Lipinski definition) is 6. The average molecular weight is 402 g/mol. The molecular formula is C20H23FN4O2S. The maximum Gasteiger partial charge on any atom is 0.410 e. The third-order valence-corrected chi connectivity index (χ3v) is 5.85. The number of carbonyl (C=O) groups is 1. The van der Waals surface area contributed by atoms with Crippen LogP contribution in [0.5, 0.6) is 0 Å². The highest BCUT2D eigenvalue weighted by atomic mass is 32.1. The lowest BCUT2D eigenvalue weighted by Crippen LogP contribution is -2.49. The fourth-order valence-electron chi connectivity index (χ4n) is 3.57. The van der Waals surface area contributed by atoms with Gasteiger partial charge in [-0.15, -0.1) is 11.3 Å². The molecule has 1 aliphatic carbocycles. The van der Waals surface area contributed by atoms with Gasteiger partial charge >= 0.3 is 6.09 Å². The lowest BCUT2D eigenvalue weighted by atomic mass is 10.1. The minimum Gasteiger partial charge on any atom is -0.444 e. The van der Waals surface area contributed by atoms with Crippen molar-refractivity contribution >= 4 is 34.8 Å². The Bertz CT molecular complexity index is 905. The number of ether oxygens (including phenoxy) is 1. The molecule has 2 aliphatic rings. The summed E-state index contributed by atoms with van der Waals surface area (Å²) < 4.78 is 17.6. The first-order valence-corrected chi connectivity index (χ1v) is 10.3. The molecule has 6 nitrogen and oxygen atoms in total. The number of piperazine rings is 1. The second-order valence-electron chi connectivity index (χ2n) is 7.11. The second kappa shape index (κ2) is 7.87. The summed E-state index contributed by atoms with van der Waals surface area (Å²) in [7, 11) is 0. The average Bonchev–Trinajstić information content (AvgIpc) is 3.33. The first kappa shape index (κ1) is 18.9. The van der Waals surface area contributed by atoms with E-state index < -0.39 is 18.9 Å². The number of fused-ring (bicyclic) bond motifs is 1. The summed E-state index contributed by atoms with van der Waals surface area (Å²) in [5.74, 6) is 0. The highest BCUT2D eigenvalue weighted by Gasteiger charge is 2.27. The van der Waals surface area contributed by atoms with Crippen LogP contribution in [0.3, 0.4) is 0 Å². The lowest BCUT2D eigenvalue weighted by molar-refractivity contribution is 0.0576. The van der Waals surface area contributed by atoms with Crippen LogP contribution in [0.25, 0.3) is 11.6 Å². The van der Waals surface area contributed by atoms with Gasteiger partial charge in [0.25, 0.3) is 0 Å². The van der Waals surface area contributed by atoms with Crippen LogP contribution >= 0.6 is 11.3 Å². The van der Waals surface area contributed by atoms with Crippen LogP contribution in [0.2, 0.25) is 0 Å². The number of halogens is 1. The fourth-order valence-corrected chi connectivity index (χ4v) is 4.21. The maximum atomic E-state index is 12.6. The Morgan fingerprint density at radius 3 is 2.82 bits per heavy atom. The highest BCUT2D eigenvalue weighted by molar-refractivity contribution is 7.09. The first-order valence-electron chi connectivity index (χ1n) is 9.42. The van der Waals surface area contributed by atoms with Gasteiger partial charge in [0, 0.05) is 55.4 Å². The number of aryl methyl sites for hydroxylation is 1. The van der Waals surface area contributed by atoms with Crippen molar-refractivity contribution in [2.45, 2.75) is 26.4 Å². The van der Waals surface area contributed by atoms with Crippen LogP contribution in [0, 0.1) is 6.92 Å². The Morgan fingerprint density at radius 2 is 2.14 bits per heavy atom. The summed E-state index contributed by atoms with van der Waals surface area (Å²) in [5.41, 5.74) is 5.57. The van der Waals surface area contributed by atoms with E-state index in [9.17, 15) is 9.18 Å². The molecule has 1 aliphatic heterocycles. The number of alkyl halides is 1. The Hall–Kier alpha value is -2.48. The summed E-state index contributed by atoms with van der Waals surface area (Å²) >= 11 is 1.66. The van der Waals surface area contributed by atoms with E-state index in [1.165, 1.54) is 5.57 Å². The zero-order valence-corrected chi connectivity index (χ0v) is 16.8. The SMILES string of the molecule is Cc1nc(C2=Cc3c(N4CCN(C(=O)O[C@@H](C)CF)CC4)ccnc3C2)cs1. The number of nitrogens with zero attached hydrogens (tertiary/aromatic N) is 4. The molecule has 148 valence electrons. The molecule has 1 saturated heterocycles. The van der Waals surface area contributed by atoms with Crippen molar-refractivity contribution in [3.63, 3.8) is 0 Å². The molecule has 0 unspecified atom stereocenters. The first-order chi connectivity index (χ1) is 13.5. The van der Waals surface area contributed by atoms with Gasteiger partial charge in [-0.25, -0.2) is 14.2 Å². The van der Waals surface area contributed by atoms with Crippen LogP contribution in [-0.2, 0) is 11.2 Å². The molecule has 3 heterocycles. The zero-order valence-electron chi connectivity index (χ0n) is 16.0. The zero-order chi connectivity index (χ0) is 19.7. The number of anilines is 1. The van der Waals surface area contributed by atoms with Crippen molar-refractivity contribution in [2.75, 3.05) is 37.8 Å². The van der Waals surface area contributed by atoms with Gasteiger partial charge in [0.15, 0.2) is 0 Å². The molecule has 0 radical (unpaired) electrons. The van der Waals surface area contributed by atoms with Crippen LogP contribution in [0.4, 0.5) is 14.9 Å². The number of pyridine rings is 1. The predicted molar refractivity (Wildman–Crippen MR) is 108 cm³/mol. The minimum absolute atomic E-state index is 0.439. The van der Waals surface area contributed by atoms with E-state index in [4.69, 9.17) is 4.74 Å². The number of allylic oxidation sites excluding steroid dienone is 1. The van der Waals surface area contributed by atoms with Gasteiger partial charge in [0.05, 0.1) is 16.4 Å². The number of amides is 1. The maximum absolute atomic E-state index is 12.6. The Morgan fingerprint density at radius 1 is 1.36 bits per heavy atom. The predicted octanol–water partition coefficient (Wildman–Crippen LogP) is 3.56. The number of carbonyl (C=O) groups excluding carboxylic acids is 1. The summed E-state index contributed by atoms with van der Waals surface area (Å²) in [6, 6.07) is 2.03. The van der Waals surface area contributed by atoms with Crippen LogP contribution in [-0.4, -0.2) is 59.9 Å². The third kappa shape index (κ3) is 3.73. The smallest absolute Gasteiger partial charge is 0.410 e. The molecule has 0 saturated carbocycles. The third-order valence-electron chi connectivity index (χ3n) is 5.07. The monoisotopic (exact) mass is 402 g/mol. The van der Waals surface area contributed by atoms with Gasteiger partial charge in [-0.05, 0) is 31.6 Å². The van der Waals surface area contributed by atoms with Crippen molar-refractivity contribution in [3.05, 3.63) is 39.6 Å². The Balaban J connectivity index is 1.47. The van der Waals surface area contributed by atoms with Gasteiger partial charge in [-0.1, -0.05) is 0 Å². The van der Waals surface area contributed by atoms with Crippen LogP contribution in [0.1, 0.15) is 28.9 Å². The van der Waals surface area contributed by atoms with Gasteiger partial charge in [-0.3, -0.25) is 4.98 Å². The van der Waals surface area contributed by atoms with E-state index >= 15 is 0 Å². The summed E-state index contributed by atoms with van der Waals surface area (Å²) in [5, 5.41) is 3.15. The number of rotatable bonds is 4. The van der Waals surface area contributed by atoms with Gasteiger partial charge in [0.2, 0.25) is 0 Å². The van der Waals surface area contributed by atoms with E-state index in [2.05, 4.69) is 26.3 Å². The molecule has 1 fully saturated rings. The molecule has 0 bridgehead atoms. The second-order valence-corrected chi connectivity index (χ2v) is 8.17. The van der Waals surface area contributed by atoms with E-state index in [1.54, 1.807) is 23.2 Å². The molecule has 28 heavy (non-hydrogen) atoms. The topological polar surface area (TPSA) is 58.6 Å².